The zero-order valence-corrected chi connectivity index (χ0v) is 20.5. The van der Waals surface area contributed by atoms with Gasteiger partial charge in [0.15, 0.2) is 5.75 Å². The number of H-pyrrole nitrogens is 1. The Kier molecular flexibility index (Phi) is 8.32. The van der Waals surface area contributed by atoms with Gasteiger partial charge in [0.05, 0.1) is 31.1 Å². The number of ether oxygens (including phenoxy) is 2. The number of morpholine rings is 1. The molecule has 202 valence electrons. The van der Waals surface area contributed by atoms with Crippen LogP contribution in [0.15, 0.2) is 53.5 Å². The number of nitrogens with zero attached hydrogens (tertiary/aromatic N) is 1. The minimum Gasteiger partial charge on any atom is -0.488 e. The lowest BCUT2D eigenvalue weighted by molar-refractivity contribution is -0.138. The van der Waals surface area contributed by atoms with Crippen LogP contribution >= 0.6 is 0 Å². The molecule has 2 aromatic carbocycles. The Labute approximate surface area is 215 Å². The Morgan fingerprint density at radius 3 is 2.53 bits per heavy atom. The second kappa shape index (κ2) is 11.7. The quantitative estimate of drug-likeness (QED) is 0.368. The van der Waals surface area contributed by atoms with Crippen LogP contribution in [-0.2, 0) is 17.5 Å². The molecular formula is C26H26F4N4O4. The van der Waals surface area contributed by atoms with Crippen LogP contribution in [0.25, 0.3) is 11.1 Å². The molecule has 0 radical (unpaired) electrons. The van der Waals surface area contributed by atoms with Gasteiger partial charge in [-0.05, 0) is 48.4 Å². The molecule has 2 heterocycles. The maximum atomic E-state index is 14.8. The summed E-state index contributed by atoms with van der Waals surface area (Å²) in [5.41, 5.74) is -0.564. The topological polar surface area (TPSA) is 95.7 Å². The van der Waals surface area contributed by atoms with E-state index in [4.69, 9.17) is 9.47 Å². The van der Waals surface area contributed by atoms with E-state index in [1.165, 1.54) is 36.5 Å². The number of hydrogen-bond acceptors (Lipinski definition) is 5. The second-order valence-electron chi connectivity index (χ2n) is 8.55. The van der Waals surface area contributed by atoms with Crippen LogP contribution in [-0.4, -0.2) is 48.8 Å². The Balaban J connectivity index is 1.46. The van der Waals surface area contributed by atoms with Gasteiger partial charge in [-0.1, -0.05) is 12.1 Å². The lowest BCUT2D eigenvalue weighted by Gasteiger charge is -2.27. The first-order valence-corrected chi connectivity index (χ1v) is 11.9. The summed E-state index contributed by atoms with van der Waals surface area (Å²) >= 11 is 0. The maximum Gasteiger partial charge on any atom is 0.416 e. The van der Waals surface area contributed by atoms with Gasteiger partial charge in [0.25, 0.3) is 5.56 Å². The molecule has 12 heteroatoms. The van der Waals surface area contributed by atoms with Crippen LogP contribution in [0.2, 0.25) is 0 Å². The zero-order valence-electron chi connectivity index (χ0n) is 20.5. The molecule has 0 aliphatic carbocycles. The van der Waals surface area contributed by atoms with Crippen molar-refractivity contribution < 1.29 is 31.8 Å². The fourth-order valence-electron chi connectivity index (χ4n) is 4.03. The minimum atomic E-state index is -4.62. The average Bonchev–Trinajstić information content (AvgIpc) is 2.87. The number of anilines is 2. The van der Waals surface area contributed by atoms with Gasteiger partial charge in [-0.25, -0.2) is 9.18 Å². The number of carbonyl (C=O) groups excluding carboxylic acids is 1. The summed E-state index contributed by atoms with van der Waals surface area (Å²) in [5, 5.41) is 4.63. The van der Waals surface area contributed by atoms with E-state index < -0.39 is 29.1 Å². The molecule has 2 amide bonds. The van der Waals surface area contributed by atoms with E-state index in [1.54, 1.807) is 6.92 Å². The molecule has 0 unspecified atom stereocenters. The lowest BCUT2D eigenvalue weighted by Crippen LogP contribution is -2.36. The average molecular weight is 535 g/mol. The van der Waals surface area contributed by atoms with Crippen molar-refractivity contribution in [3.05, 3.63) is 76.0 Å². The number of urea groups is 1. The molecule has 1 saturated heterocycles. The molecular weight excluding hydrogens is 508 g/mol. The molecule has 0 bridgehead atoms. The van der Waals surface area contributed by atoms with Crippen LogP contribution in [0.3, 0.4) is 0 Å². The monoisotopic (exact) mass is 534 g/mol. The Morgan fingerprint density at radius 1 is 1.08 bits per heavy atom. The number of aromatic amines is 1. The first-order valence-electron chi connectivity index (χ1n) is 11.9. The van der Waals surface area contributed by atoms with Crippen molar-refractivity contribution in [3.63, 3.8) is 0 Å². The Hall–Kier alpha value is -3.90. The van der Waals surface area contributed by atoms with Gasteiger partial charge < -0.3 is 25.1 Å². The molecule has 0 saturated carbocycles. The van der Waals surface area contributed by atoms with Gasteiger partial charge in [-0.3, -0.25) is 9.69 Å². The molecule has 1 fully saturated rings. The van der Waals surface area contributed by atoms with Crippen molar-refractivity contribution in [1.29, 1.82) is 0 Å². The summed E-state index contributed by atoms with van der Waals surface area (Å²) < 4.78 is 66.5. The van der Waals surface area contributed by atoms with E-state index in [0.717, 1.165) is 12.1 Å². The highest BCUT2D eigenvalue weighted by Gasteiger charge is 2.34. The van der Waals surface area contributed by atoms with Gasteiger partial charge in [-0.2, -0.15) is 13.2 Å². The third-order valence-electron chi connectivity index (χ3n) is 5.89. The Bertz CT molecular complexity index is 1350. The number of halogens is 4. The third kappa shape index (κ3) is 6.69. The zero-order chi connectivity index (χ0) is 27.3. The van der Waals surface area contributed by atoms with Crippen molar-refractivity contribution in [1.82, 2.24) is 9.88 Å². The van der Waals surface area contributed by atoms with E-state index in [-0.39, 0.29) is 35.8 Å². The van der Waals surface area contributed by atoms with Gasteiger partial charge >= 0.3 is 12.2 Å². The first-order chi connectivity index (χ1) is 18.1. The van der Waals surface area contributed by atoms with E-state index in [2.05, 4.69) is 15.6 Å². The molecule has 3 N–H and O–H groups in total. The number of alkyl halides is 3. The summed E-state index contributed by atoms with van der Waals surface area (Å²) in [6.07, 6.45) is -3.22. The van der Waals surface area contributed by atoms with Gasteiger partial charge in [0.1, 0.15) is 5.82 Å². The van der Waals surface area contributed by atoms with E-state index >= 15 is 0 Å². The second-order valence-corrected chi connectivity index (χ2v) is 8.55. The van der Waals surface area contributed by atoms with Crippen LogP contribution in [0.4, 0.5) is 33.7 Å². The highest BCUT2D eigenvalue weighted by molar-refractivity contribution is 6.00. The van der Waals surface area contributed by atoms with Crippen molar-refractivity contribution in [2.75, 3.05) is 43.5 Å². The van der Waals surface area contributed by atoms with Crippen molar-refractivity contribution in [3.8, 4) is 16.9 Å². The SMILES string of the molecule is CCOc1cc(-c2ccc(NC(=O)Nc3ccc(CN4CCOCC4)c(C(F)(F)F)c3)c(F)c2)c[nH]c1=O. The van der Waals surface area contributed by atoms with Gasteiger partial charge in [0.2, 0.25) is 0 Å². The van der Waals surface area contributed by atoms with E-state index in [9.17, 15) is 27.2 Å². The minimum absolute atomic E-state index is 0.0844. The molecule has 1 aliphatic heterocycles. The molecule has 0 spiro atoms. The number of hydrogen-bond donors (Lipinski definition) is 3. The fraction of sp³-hybridized carbons (Fsp3) is 0.308. The van der Waals surface area contributed by atoms with Crippen molar-refractivity contribution >= 4 is 17.4 Å². The summed E-state index contributed by atoms with van der Waals surface area (Å²) in [6, 6.07) is 8.10. The van der Waals surface area contributed by atoms with Crippen molar-refractivity contribution in [2.45, 2.75) is 19.6 Å². The standard InChI is InChI=1S/C26H26F4N4O4/c1-2-38-23-12-18(14-31-24(23)35)16-4-6-22(21(27)11-16)33-25(36)32-19-5-3-17(20(13-19)26(28,29)30)15-34-7-9-37-10-8-34/h3-6,11-14H,2,7-10,15H2,1H3,(H,31,35)(H2,32,33,36). The summed E-state index contributed by atoms with van der Waals surface area (Å²) in [6.45, 7) is 4.07. The normalized spacial score (nSPS) is 14.2. The molecule has 1 aromatic heterocycles. The van der Waals surface area contributed by atoms with Gasteiger partial charge in [-0.15, -0.1) is 0 Å². The number of nitrogens with one attached hydrogen (secondary N) is 3. The first kappa shape index (κ1) is 27.1. The van der Waals surface area contributed by atoms with Crippen LogP contribution in [0.1, 0.15) is 18.1 Å². The summed E-state index contributed by atoms with van der Waals surface area (Å²) in [4.78, 5) is 28.6. The predicted octanol–water partition coefficient (Wildman–Crippen LogP) is 5.07. The van der Waals surface area contributed by atoms with Gasteiger partial charge in [0, 0.05) is 37.1 Å². The largest absolute Gasteiger partial charge is 0.488 e. The van der Waals surface area contributed by atoms with Crippen LogP contribution in [0.5, 0.6) is 5.75 Å². The summed E-state index contributed by atoms with van der Waals surface area (Å²) in [7, 11) is 0. The number of amides is 2. The molecule has 4 rings (SSSR count). The molecule has 8 nitrogen and oxygen atoms in total. The van der Waals surface area contributed by atoms with Crippen molar-refractivity contribution in [2.24, 2.45) is 0 Å². The highest BCUT2D eigenvalue weighted by Crippen LogP contribution is 2.35. The molecule has 3 aromatic rings. The third-order valence-corrected chi connectivity index (χ3v) is 5.89. The Morgan fingerprint density at radius 2 is 1.84 bits per heavy atom. The number of pyridine rings is 1. The molecule has 0 atom stereocenters. The van der Waals surface area contributed by atoms with E-state index in [1.807, 2.05) is 4.90 Å². The summed E-state index contributed by atoms with van der Waals surface area (Å²) in [5.74, 6) is -0.695. The van der Waals surface area contributed by atoms with Crippen LogP contribution in [0, 0.1) is 5.82 Å². The number of carbonyl (C=O) groups is 1. The van der Waals surface area contributed by atoms with E-state index in [0.29, 0.717) is 37.4 Å². The maximum absolute atomic E-state index is 14.8. The smallest absolute Gasteiger partial charge is 0.416 e. The fourth-order valence-corrected chi connectivity index (χ4v) is 4.03. The molecule has 1 aliphatic rings. The number of benzene rings is 2. The number of rotatable bonds is 7. The molecule has 38 heavy (non-hydrogen) atoms. The number of aromatic nitrogens is 1. The highest BCUT2D eigenvalue weighted by atomic mass is 19.4. The predicted molar refractivity (Wildman–Crippen MR) is 134 cm³/mol. The lowest BCUT2D eigenvalue weighted by atomic mass is 10.0. The van der Waals surface area contributed by atoms with Crippen LogP contribution < -0.4 is 20.9 Å².